The zero-order valence-electron chi connectivity index (χ0n) is 18.9. The van der Waals surface area contributed by atoms with Crippen LogP contribution in [0, 0.1) is 12.8 Å². The predicted octanol–water partition coefficient (Wildman–Crippen LogP) is 3.46. The lowest BCUT2D eigenvalue weighted by Crippen LogP contribution is -2.45. The first kappa shape index (κ1) is 21.5. The van der Waals surface area contributed by atoms with Gasteiger partial charge in [0.2, 0.25) is 0 Å². The van der Waals surface area contributed by atoms with Gasteiger partial charge in [0.05, 0.1) is 5.56 Å². The number of aryl methyl sites for hydroxylation is 1. The number of hydrogen-bond donors (Lipinski definition) is 1. The molecule has 1 amide bonds. The zero-order chi connectivity index (χ0) is 22.6. The highest BCUT2D eigenvalue weighted by molar-refractivity contribution is 5.93. The van der Waals surface area contributed by atoms with Crippen molar-refractivity contribution in [3.05, 3.63) is 72.2 Å². The van der Waals surface area contributed by atoms with Gasteiger partial charge in [0.1, 0.15) is 18.5 Å². The number of hydrogen-bond acceptors (Lipinski definition) is 5. The van der Waals surface area contributed by atoms with Crippen molar-refractivity contribution < 1.29 is 14.3 Å². The molecular weight excluding hydrogens is 416 g/mol. The lowest BCUT2D eigenvalue weighted by Gasteiger charge is -2.35. The Balaban J connectivity index is 1.05. The minimum atomic E-state index is -0.0642. The first-order chi connectivity index (χ1) is 16.1. The fourth-order valence-corrected chi connectivity index (χ4v) is 4.47. The number of likely N-dealkylation sites (tertiary alicyclic amines) is 1. The molecule has 7 heteroatoms. The number of carbonyl (C=O) groups excluding carboxylic acids is 1. The minimum absolute atomic E-state index is 0.0533. The summed E-state index contributed by atoms with van der Waals surface area (Å²) in [6.07, 6.45) is 7.68. The van der Waals surface area contributed by atoms with Gasteiger partial charge in [-0.1, -0.05) is 6.07 Å². The van der Waals surface area contributed by atoms with Crippen LogP contribution in [0.5, 0.6) is 11.5 Å². The van der Waals surface area contributed by atoms with E-state index in [1.807, 2.05) is 59.4 Å². The van der Waals surface area contributed by atoms with E-state index in [2.05, 4.69) is 22.1 Å². The molecule has 0 aliphatic carbocycles. The van der Waals surface area contributed by atoms with Crippen molar-refractivity contribution in [1.29, 1.82) is 0 Å². The van der Waals surface area contributed by atoms with E-state index in [9.17, 15) is 4.79 Å². The number of nitrogens with one attached hydrogen (secondary N) is 1. The molecule has 5 rings (SSSR count). The fraction of sp³-hybridized carbons (Fsp3) is 0.385. The monoisotopic (exact) mass is 446 g/mol. The number of benzene rings is 1. The van der Waals surface area contributed by atoms with E-state index in [0.717, 1.165) is 49.8 Å². The lowest BCUT2D eigenvalue weighted by molar-refractivity contribution is 0.0476. The Kier molecular flexibility index (Phi) is 6.30. The number of nitrogens with zero attached hydrogens (tertiary/aromatic N) is 3. The van der Waals surface area contributed by atoms with Crippen molar-refractivity contribution in [2.24, 2.45) is 5.92 Å². The molecule has 1 unspecified atom stereocenters. The van der Waals surface area contributed by atoms with Crippen molar-refractivity contribution in [3.8, 4) is 17.3 Å². The molecule has 1 N–H and O–H groups in total. The Morgan fingerprint density at radius 3 is 2.70 bits per heavy atom. The van der Waals surface area contributed by atoms with Crippen LogP contribution in [0.2, 0.25) is 0 Å². The molecule has 33 heavy (non-hydrogen) atoms. The molecular formula is C26H30N4O3. The highest BCUT2D eigenvalue weighted by Crippen LogP contribution is 2.32. The molecule has 4 heterocycles. The summed E-state index contributed by atoms with van der Waals surface area (Å²) in [5.74, 6) is 2.91. The first-order valence-electron chi connectivity index (χ1n) is 11.6. The number of amides is 1. The Hall–Kier alpha value is -3.32. The van der Waals surface area contributed by atoms with E-state index in [1.54, 1.807) is 6.20 Å². The molecule has 3 aromatic rings. The third kappa shape index (κ3) is 5.20. The van der Waals surface area contributed by atoms with Gasteiger partial charge < -0.3 is 19.4 Å². The highest BCUT2D eigenvalue weighted by atomic mass is 16.6. The Labute approximate surface area is 194 Å². The van der Waals surface area contributed by atoms with E-state index >= 15 is 0 Å². The summed E-state index contributed by atoms with van der Waals surface area (Å²) < 4.78 is 14.0. The second-order valence-electron chi connectivity index (χ2n) is 8.95. The smallest absolute Gasteiger partial charge is 0.252 e. The molecule has 0 bridgehead atoms. The van der Waals surface area contributed by atoms with Crippen LogP contribution in [-0.4, -0.2) is 59.2 Å². The Morgan fingerprint density at radius 1 is 1.12 bits per heavy atom. The van der Waals surface area contributed by atoms with E-state index in [1.165, 1.54) is 5.56 Å². The van der Waals surface area contributed by atoms with Gasteiger partial charge in [0, 0.05) is 31.7 Å². The largest absolute Gasteiger partial charge is 0.486 e. The second kappa shape index (κ2) is 9.67. The number of carbonyl (C=O) groups is 1. The number of piperidine rings is 1. The normalized spacial score (nSPS) is 18.8. The molecule has 1 saturated heterocycles. The molecule has 1 aromatic carbocycles. The summed E-state index contributed by atoms with van der Waals surface area (Å²) in [4.78, 5) is 19.4. The van der Waals surface area contributed by atoms with Crippen LogP contribution in [-0.2, 0) is 0 Å². The van der Waals surface area contributed by atoms with E-state index in [0.29, 0.717) is 24.6 Å². The molecule has 1 fully saturated rings. The lowest BCUT2D eigenvalue weighted by atomic mass is 9.96. The van der Waals surface area contributed by atoms with E-state index < -0.39 is 0 Å². The predicted molar refractivity (Wildman–Crippen MR) is 126 cm³/mol. The van der Waals surface area contributed by atoms with Crippen molar-refractivity contribution in [2.45, 2.75) is 25.9 Å². The number of ether oxygens (including phenoxy) is 2. The highest BCUT2D eigenvalue weighted by Gasteiger charge is 2.26. The van der Waals surface area contributed by atoms with Crippen LogP contribution in [0.4, 0.5) is 0 Å². The Morgan fingerprint density at radius 2 is 1.94 bits per heavy atom. The Bertz CT molecular complexity index is 1070. The SMILES string of the molecule is Cc1ccc2c(c1)OC(CN1CCC(CNC(=O)c3ccc(-n4cccc4)nc3)CC1)CO2. The zero-order valence-corrected chi connectivity index (χ0v) is 18.9. The van der Waals surface area contributed by atoms with Gasteiger partial charge in [-0.15, -0.1) is 0 Å². The summed E-state index contributed by atoms with van der Waals surface area (Å²) in [7, 11) is 0. The maximum Gasteiger partial charge on any atom is 0.252 e. The van der Waals surface area contributed by atoms with Crippen molar-refractivity contribution in [2.75, 3.05) is 32.8 Å². The van der Waals surface area contributed by atoms with E-state index in [4.69, 9.17) is 9.47 Å². The summed E-state index contributed by atoms with van der Waals surface area (Å²) in [5.41, 5.74) is 1.77. The van der Waals surface area contributed by atoms with Gasteiger partial charge in [-0.25, -0.2) is 4.98 Å². The molecule has 0 saturated carbocycles. The van der Waals surface area contributed by atoms with Crippen molar-refractivity contribution in [1.82, 2.24) is 19.8 Å². The summed E-state index contributed by atoms with van der Waals surface area (Å²) in [5, 5.41) is 3.09. The molecule has 0 radical (unpaired) electrons. The van der Waals surface area contributed by atoms with Crippen molar-refractivity contribution in [3.63, 3.8) is 0 Å². The standard InChI is InChI=1S/C26H30N4O3/c1-19-4-6-23-24(14-19)33-22(18-32-23)17-29-12-8-20(9-13-29)15-28-26(31)21-5-7-25(27-16-21)30-10-2-3-11-30/h2-7,10-11,14,16,20,22H,8-9,12-13,15,17-18H2,1H3,(H,28,31). The van der Waals surface area contributed by atoms with Gasteiger partial charge >= 0.3 is 0 Å². The van der Waals surface area contributed by atoms with Gasteiger partial charge in [-0.05, 0) is 80.7 Å². The van der Waals surface area contributed by atoms with Gasteiger partial charge in [-0.2, -0.15) is 0 Å². The van der Waals surface area contributed by atoms with Gasteiger partial charge in [-0.3, -0.25) is 9.69 Å². The molecule has 172 valence electrons. The summed E-state index contributed by atoms with van der Waals surface area (Å²) in [6.45, 7) is 6.23. The number of aromatic nitrogens is 2. The van der Waals surface area contributed by atoms with Gasteiger partial charge in [0.25, 0.3) is 5.91 Å². The van der Waals surface area contributed by atoms with Crippen LogP contribution in [0.25, 0.3) is 5.82 Å². The van der Waals surface area contributed by atoms with E-state index in [-0.39, 0.29) is 12.0 Å². The molecule has 2 aliphatic heterocycles. The number of rotatable bonds is 6. The summed E-state index contributed by atoms with van der Waals surface area (Å²) >= 11 is 0. The maximum atomic E-state index is 12.5. The summed E-state index contributed by atoms with van der Waals surface area (Å²) in [6, 6.07) is 13.7. The third-order valence-corrected chi connectivity index (χ3v) is 6.42. The van der Waals surface area contributed by atoms with Crippen LogP contribution < -0.4 is 14.8 Å². The minimum Gasteiger partial charge on any atom is -0.486 e. The maximum absolute atomic E-state index is 12.5. The average Bonchev–Trinajstić information content (AvgIpc) is 3.38. The second-order valence-corrected chi connectivity index (χ2v) is 8.95. The topological polar surface area (TPSA) is 68.6 Å². The van der Waals surface area contributed by atoms with Crippen LogP contribution in [0.3, 0.4) is 0 Å². The number of pyridine rings is 1. The first-order valence-corrected chi connectivity index (χ1v) is 11.6. The van der Waals surface area contributed by atoms with Crippen LogP contribution in [0.1, 0.15) is 28.8 Å². The third-order valence-electron chi connectivity index (χ3n) is 6.42. The fourth-order valence-electron chi connectivity index (χ4n) is 4.47. The molecule has 1 atom stereocenters. The van der Waals surface area contributed by atoms with Crippen LogP contribution >= 0.6 is 0 Å². The molecule has 2 aliphatic rings. The van der Waals surface area contributed by atoms with Crippen LogP contribution in [0.15, 0.2) is 61.1 Å². The molecule has 2 aromatic heterocycles. The molecule has 0 spiro atoms. The van der Waals surface area contributed by atoms with Gasteiger partial charge in [0.15, 0.2) is 11.5 Å². The molecule has 7 nitrogen and oxygen atoms in total. The average molecular weight is 447 g/mol. The van der Waals surface area contributed by atoms with Crippen molar-refractivity contribution >= 4 is 5.91 Å². The number of fused-ring (bicyclic) bond motifs is 1. The quantitative estimate of drug-likeness (QED) is 0.628.